The maximum absolute atomic E-state index is 12.0. The minimum absolute atomic E-state index is 0.0453. The minimum atomic E-state index is -0.791. The van der Waals surface area contributed by atoms with Gasteiger partial charge >= 0.3 is 0 Å². The number of hydrogen-bond donors (Lipinski definition) is 2. The van der Waals surface area contributed by atoms with E-state index in [1.165, 1.54) is 10.4 Å². The summed E-state index contributed by atoms with van der Waals surface area (Å²) < 4.78 is 0. The zero-order valence-corrected chi connectivity index (χ0v) is 13.4. The fourth-order valence-electron chi connectivity index (χ4n) is 1.99. The lowest BCUT2D eigenvalue weighted by molar-refractivity contribution is -0.117. The van der Waals surface area contributed by atoms with Gasteiger partial charge in [0.2, 0.25) is 5.91 Å². The van der Waals surface area contributed by atoms with Gasteiger partial charge in [-0.15, -0.1) is 11.3 Å². The number of amides is 1. The van der Waals surface area contributed by atoms with Crippen molar-refractivity contribution in [2.45, 2.75) is 40.2 Å². The van der Waals surface area contributed by atoms with Gasteiger partial charge in [0.15, 0.2) is 0 Å². The van der Waals surface area contributed by atoms with E-state index in [2.05, 4.69) is 19.2 Å². The van der Waals surface area contributed by atoms with Crippen molar-refractivity contribution < 1.29 is 9.90 Å². The Morgan fingerprint density at radius 2 is 1.89 bits per heavy atom. The molecule has 1 amide bonds. The second-order valence-electron chi connectivity index (χ2n) is 5.77. The van der Waals surface area contributed by atoms with Gasteiger partial charge < -0.3 is 10.4 Å². The van der Waals surface area contributed by atoms with Crippen LogP contribution < -0.4 is 5.32 Å². The van der Waals surface area contributed by atoms with Crippen LogP contribution in [0.1, 0.15) is 29.9 Å². The Hall–Kier alpha value is -0.910. The highest BCUT2D eigenvalue weighted by atomic mass is 32.1. The molecule has 0 spiro atoms. The number of thiophene rings is 1. The average molecular weight is 284 g/mol. The molecule has 0 aliphatic rings. The van der Waals surface area contributed by atoms with Crippen LogP contribution in [-0.2, 0) is 4.79 Å². The molecule has 5 heteroatoms. The average Bonchev–Trinajstić information content (AvgIpc) is 2.43. The monoisotopic (exact) mass is 284 g/mol. The largest absolute Gasteiger partial charge is 0.389 e. The van der Waals surface area contributed by atoms with Crippen molar-refractivity contribution in [3.63, 3.8) is 0 Å². The molecular formula is C14H24N2O2S. The zero-order valence-electron chi connectivity index (χ0n) is 12.6. The fraction of sp³-hybridized carbons (Fsp3) is 0.643. The standard InChI is InChI=1S/C14H24N2O2S/c1-9-10(2)13(19-11(9)3)15-12(17)7-16(6)8-14(4,5)18/h18H,7-8H2,1-6H3,(H,15,17). The van der Waals surface area contributed by atoms with Gasteiger partial charge in [0, 0.05) is 11.4 Å². The number of rotatable bonds is 5. The van der Waals surface area contributed by atoms with Crippen molar-refractivity contribution in [1.29, 1.82) is 0 Å². The molecule has 0 radical (unpaired) electrons. The molecular weight excluding hydrogens is 260 g/mol. The van der Waals surface area contributed by atoms with Crippen LogP contribution in [0.5, 0.6) is 0 Å². The van der Waals surface area contributed by atoms with Gasteiger partial charge in [-0.05, 0) is 52.8 Å². The smallest absolute Gasteiger partial charge is 0.239 e. The first kappa shape index (κ1) is 16.1. The molecule has 19 heavy (non-hydrogen) atoms. The number of carbonyl (C=O) groups excluding carboxylic acids is 1. The molecule has 2 N–H and O–H groups in total. The van der Waals surface area contributed by atoms with E-state index >= 15 is 0 Å². The molecule has 0 aromatic carbocycles. The number of likely N-dealkylation sites (N-methyl/N-ethyl adjacent to an activating group) is 1. The van der Waals surface area contributed by atoms with E-state index in [-0.39, 0.29) is 12.5 Å². The first-order valence-corrected chi connectivity index (χ1v) is 7.19. The molecule has 0 aliphatic heterocycles. The Labute approximate surface area is 119 Å². The number of aliphatic hydroxyl groups is 1. The van der Waals surface area contributed by atoms with E-state index in [1.54, 1.807) is 25.2 Å². The van der Waals surface area contributed by atoms with E-state index in [9.17, 15) is 9.90 Å². The summed E-state index contributed by atoms with van der Waals surface area (Å²) in [5.74, 6) is -0.0453. The Bertz CT molecular complexity index is 461. The second-order valence-corrected chi connectivity index (χ2v) is 7.00. The van der Waals surface area contributed by atoms with E-state index in [0.29, 0.717) is 6.54 Å². The van der Waals surface area contributed by atoms with Crippen LogP contribution in [-0.4, -0.2) is 41.7 Å². The molecule has 4 nitrogen and oxygen atoms in total. The molecule has 0 unspecified atom stereocenters. The predicted molar refractivity (Wildman–Crippen MR) is 81.0 cm³/mol. The molecule has 1 heterocycles. The maximum atomic E-state index is 12.0. The van der Waals surface area contributed by atoms with Gasteiger partial charge in [0.25, 0.3) is 0 Å². The summed E-state index contributed by atoms with van der Waals surface area (Å²) in [4.78, 5) is 15.0. The Kier molecular flexibility index (Phi) is 5.12. The molecule has 0 atom stereocenters. The summed E-state index contributed by atoms with van der Waals surface area (Å²) >= 11 is 1.61. The molecule has 1 aromatic rings. The third-order valence-corrected chi connectivity index (χ3v) is 4.23. The van der Waals surface area contributed by atoms with Crippen molar-refractivity contribution in [2.75, 3.05) is 25.5 Å². The van der Waals surface area contributed by atoms with E-state index in [0.717, 1.165) is 10.6 Å². The summed E-state index contributed by atoms with van der Waals surface area (Å²) in [5, 5.41) is 13.6. The van der Waals surface area contributed by atoms with Crippen LogP contribution in [0.25, 0.3) is 0 Å². The number of carbonyl (C=O) groups is 1. The highest BCUT2D eigenvalue weighted by Crippen LogP contribution is 2.31. The Balaban J connectivity index is 2.58. The van der Waals surface area contributed by atoms with Crippen molar-refractivity contribution in [3.05, 3.63) is 16.0 Å². The van der Waals surface area contributed by atoms with Crippen LogP contribution in [0.4, 0.5) is 5.00 Å². The number of aryl methyl sites for hydroxylation is 1. The van der Waals surface area contributed by atoms with Gasteiger partial charge in [-0.2, -0.15) is 0 Å². The van der Waals surface area contributed by atoms with Gasteiger partial charge in [-0.25, -0.2) is 0 Å². The first-order valence-electron chi connectivity index (χ1n) is 6.37. The number of anilines is 1. The third-order valence-electron chi connectivity index (χ3n) is 3.01. The van der Waals surface area contributed by atoms with Crippen molar-refractivity contribution >= 4 is 22.2 Å². The summed E-state index contributed by atoms with van der Waals surface area (Å²) in [7, 11) is 1.83. The molecule has 108 valence electrons. The van der Waals surface area contributed by atoms with E-state index in [4.69, 9.17) is 0 Å². The molecule has 0 fully saturated rings. The summed E-state index contributed by atoms with van der Waals surface area (Å²) in [6.45, 7) is 10.4. The molecule has 0 saturated carbocycles. The van der Waals surface area contributed by atoms with Gasteiger partial charge in [0.05, 0.1) is 17.1 Å². The van der Waals surface area contributed by atoms with Gasteiger partial charge in [-0.1, -0.05) is 0 Å². The lowest BCUT2D eigenvalue weighted by Gasteiger charge is -2.24. The van der Waals surface area contributed by atoms with Crippen LogP contribution in [0, 0.1) is 20.8 Å². The number of nitrogens with one attached hydrogen (secondary N) is 1. The zero-order chi connectivity index (χ0) is 14.8. The first-order chi connectivity index (χ1) is 8.60. The highest BCUT2D eigenvalue weighted by Gasteiger charge is 2.18. The molecule has 0 saturated heterocycles. The second kappa shape index (κ2) is 6.03. The summed E-state index contributed by atoms with van der Waals surface area (Å²) in [5.41, 5.74) is 1.59. The van der Waals surface area contributed by atoms with E-state index < -0.39 is 5.60 Å². The van der Waals surface area contributed by atoms with Crippen LogP contribution >= 0.6 is 11.3 Å². The van der Waals surface area contributed by atoms with Crippen molar-refractivity contribution in [1.82, 2.24) is 4.90 Å². The Morgan fingerprint density at radius 1 is 1.32 bits per heavy atom. The van der Waals surface area contributed by atoms with Crippen LogP contribution in [0.3, 0.4) is 0 Å². The van der Waals surface area contributed by atoms with Crippen LogP contribution in [0.15, 0.2) is 0 Å². The predicted octanol–water partition coefficient (Wildman–Crippen LogP) is 2.31. The molecule has 1 rings (SSSR count). The minimum Gasteiger partial charge on any atom is -0.389 e. The molecule has 0 bridgehead atoms. The fourth-order valence-corrected chi connectivity index (χ4v) is 3.07. The lowest BCUT2D eigenvalue weighted by atomic mass is 10.1. The third kappa shape index (κ3) is 4.93. The molecule has 1 aromatic heterocycles. The molecule has 0 aliphatic carbocycles. The maximum Gasteiger partial charge on any atom is 0.239 e. The Morgan fingerprint density at radius 3 is 2.32 bits per heavy atom. The van der Waals surface area contributed by atoms with Gasteiger partial charge in [0.1, 0.15) is 0 Å². The lowest BCUT2D eigenvalue weighted by Crippen LogP contribution is -2.40. The SMILES string of the molecule is Cc1sc(NC(=O)CN(C)CC(C)(C)O)c(C)c1C. The van der Waals surface area contributed by atoms with Crippen molar-refractivity contribution in [2.24, 2.45) is 0 Å². The van der Waals surface area contributed by atoms with Crippen molar-refractivity contribution in [3.8, 4) is 0 Å². The van der Waals surface area contributed by atoms with E-state index in [1.807, 2.05) is 18.9 Å². The topological polar surface area (TPSA) is 52.6 Å². The highest BCUT2D eigenvalue weighted by molar-refractivity contribution is 7.16. The number of nitrogens with zero attached hydrogens (tertiary/aromatic N) is 1. The quantitative estimate of drug-likeness (QED) is 0.872. The summed E-state index contributed by atoms with van der Waals surface area (Å²) in [6, 6.07) is 0. The van der Waals surface area contributed by atoms with Crippen LogP contribution in [0.2, 0.25) is 0 Å². The summed E-state index contributed by atoms with van der Waals surface area (Å²) in [6.07, 6.45) is 0. The van der Waals surface area contributed by atoms with Gasteiger partial charge in [-0.3, -0.25) is 9.69 Å². The number of hydrogen-bond acceptors (Lipinski definition) is 4. The normalized spacial score (nSPS) is 12.0.